The molecular formula is C22H18N2O3S2. The quantitative estimate of drug-likeness (QED) is 0.491. The van der Waals surface area contributed by atoms with Gasteiger partial charge < -0.3 is 0 Å². The zero-order chi connectivity index (χ0) is 20.4. The highest BCUT2D eigenvalue weighted by atomic mass is 32.2. The molecule has 3 aromatic carbocycles. The standard InChI is InChI=1S/C22H18N2O3S2/c1-2-29(26,27)19-9-5-8-18(13-19)21(25)24-22-23-20(14-28-22)17-11-10-15-6-3-4-7-16(15)12-17/h3-14H,2H2,1H3,(H,23,24,25). The molecule has 29 heavy (non-hydrogen) atoms. The van der Waals surface area contributed by atoms with E-state index in [4.69, 9.17) is 0 Å². The second kappa shape index (κ2) is 7.77. The van der Waals surface area contributed by atoms with Crippen LogP contribution in [0, 0.1) is 0 Å². The van der Waals surface area contributed by atoms with Crippen molar-refractivity contribution in [3.63, 3.8) is 0 Å². The van der Waals surface area contributed by atoms with Gasteiger partial charge >= 0.3 is 0 Å². The minimum absolute atomic E-state index is 0.0142. The first-order valence-electron chi connectivity index (χ1n) is 9.05. The van der Waals surface area contributed by atoms with Crippen LogP contribution in [0.5, 0.6) is 0 Å². The number of hydrogen-bond donors (Lipinski definition) is 1. The minimum atomic E-state index is -3.37. The summed E-state index contributed by atoms with van der Waals surface area (Å²) in [5, 5.41) is 7.38. The number of benzene rings is 3. The van der Waals surface area contributed by atoms with Gasteiger partial charge in [-0.15, -0.1) is 11.3 Å². The molecule has 1 aromatic heterocycles. The molecular weight excluding hydrogens is 404 g/mol. The van der Waals surface area contributed by atoms with E-state index in [1.165, 1.54) is 23.5 Å². The zero-order valence-corrected chi connectivity index (χ0v) is 17.3. The first kappa shape index (κ1) is 19.3. The molecule has 0 bridgehead atoms. The third-order valence-corrected chi connectivity index (χ3v) is 7.10. The van der Waals surface area contributed by atoms with Crippen molar-refractivity contribution in [2.45, 2.75) is 11.8 Å². The third-order valence-electron chi connectivity index (χ3n) is 4.61. The monoisotopic (exact) mass is 422 g/mol. The van der Waals surface area contributed by atoms with E-state index in [-0.39, 0.29) is 16.2 Å². The molecule has 4 aromatic rings. The molecule has 0 radical (unpaired) electrons. The molecule has 0 spiro atoms. The molecule has 0 fully saturated rings. The van der Waals surface area contributed by atoms with Gasteiger partial charge in [-0.1, -0.05) is 49.4 Å². The predicted molar refractivity (Wildman–Crippen MR) is 117 cm³/mol. The van der Waals surface area contributed by atoms with Crippen molar-refractivity contribution in [3.05, 3.63) is 77.7 Å². The molecule has 1 N–H and O–H groups in total. The Morgan fingerprint density at radius 3 is 2.59 bits per heavy atom. The topological polar surface area (TPSA) is 76.1 Å². The maximum absolute atomic E-state index is 12.6. The number of sulfone groups is 1. The molecule has 0 aliphatic carbocycles. The van der Waals surface area contributed by atoms with Crippen LogP contribution >= 0.6 is 11.3 Å². The molecule has 0 aliphatic heterocycles. The molecule has 0 aliphatic rings. The Hall–Kier alpha value is -3.03. The number of nitrogens with zero attached hydrogens (tertiary/aromatic N) is 1. The van der Waals surface area contributed by atoms with Crippen molar-refractivity contribution in [2.75, 3.05) is 11.1 Å². The molecule has 7 heteroatoms. The van der Waals surface area contributed by atoms with Crippen LogP contribution in [0.3, 0.4) is 0 Å². The maximum atomic E-state index is 12.6. The van der Waals surface area contributed by atoms with Crippen LogP contribution in [0.15, 0.2) is 77.0 Å². The van der Waals surface area contributed by atoms with Crippen LogP contribution in [0.4, 0.5) is 5.13 Å². The Labute approximate surface area is 173 Å². The first-order valence-corrected chi connectivity index (χ1v) is 11.6. The van der Waals surface area contributed by atoms with Crippen molar-refractivity contribution in [3.8, 4) is 11.3 Å². The summed E-state index contributed by atoms with van der Waals surface area (Å²) in [7, 11) is -3.37. The van der Waals surface area contributed by atoms with E-state index in [1.54, 1.807) is 19.1 Å². The first-order chi connectivity index (χ1) is 14.0. The van der Waals surface area contributed by atoms with Crippen LogP contribution < -0.4 is 5.32 Å². The van der Waals surface area contributed by atoms with E-state index in [0.29, 0.717) is 5.13 Å². The minimum Gasteiger partial charge on any atom is -0.298 e. The average Bonchev–Trinajstić information content (AvgIpc) is 3.22. The summed E-state index contributed by atoms with van der Waals surface area (Å²) in [6, 6.07) is 20.2. The van der Waals surface area contributed by atoms with Crippen LogP contribution in [-0.4, -0.2) is 25.1 Å². The zero-order valence-electron chi connectivity index (χ0n) is 15.6. The maximum Gasteiger partial charge on any atom is 0.257 e. The Balaban J connectivity index is 1.56. The molecule has 4 rings (SSSR count). The van der Waals surface area contributed by atoms with Gasteiger partial charge in [0.2, 0.25) is 0 Å². The lowest BCUT2D eigenvalue weighted by Gasteiger charge is -2.05. The normalized spacial score (nSPS) is 11.5. The number of aromatic nitrogens is 1. The van der Waals surface area contributed by atoms with Crippen LogP contribution in [-0.2, 0) is 9.84 Å². The lowest BCUT2D eigenvalue weighted by Crippen LogP contribution is -2.13. The van der Waals surface area contributed by atoms with Gasteiger partial charge in [-0.2, -0.15) is 0 Å². The molecule has 146 valence electrons. The van der Waals surface area contributed by atoms with Gasteiger partial charge in [0.05, 0.1) is 16.3 Å². The van der Waals surface area contributed by atoms with Crippen molar-refractivity contribution in [1.29, 1.82) is 0 Å². The molecule has 1 heterocycles. The fourth-order valence-electron chi connectivity index (χ4n) is 2.98. The summed E-state index contributed by atoms with van der Waals surface area (Å²) in [6.07, 6.45) is 0. The molecule has 0 saturated carbocycles. The number of carbonyl (C=O) groups excluding carboxylic acids is 1. The summed E-state index contributed by atoms with van der Waals surface area (Å²) in [5.74, 6) is -0.405. The number of anilines is 1. The Morgan fingerprint density at radius 2 is 1.79 bits per heavy atom. The SMILES string of the molecule is CCS(=O)(=O)c1cccc(C(=O)Nc2nc(-c3ccc4ccccc4c3)cs2)c1. The van der Waals surface area contributed by atoms with Gasteiger partial charge in [0, 0.05) is 16.5 Å². The van der Waals surface area contributed by atoms with Gasteiger partial charge in [0.1, 0.15) is 0 Å². The van der Waals surface area contributed by atoms with Crippen molar-refractivity contribution >= 4 is 43.0 Å². The van der Waals surface area contributed by atoms with E-state index in [1.807, 2.05) is 35.7 Å². The Morgan fingerprint density at radius 1 is 1.00 bits per heavy atom. The number of amides is 1. The summed E-state index contributed by atoms with van der Waals surface area (Å²) < 4.78 is 24.1. The average molecular weight is 423 g/mol. The van der Waals surface area contributed by atoms with E-state index < -0.39 is 15.7 Å². The highest BCUT2D eigenvalue weighted by Gasteiger charge is 2.15. The van der Waals surface area contributed by atoms with Gasteiger partial charge in [0.25, 0.3) is 5.91 Å². The van der Waals surface area contributed by atoms with Gasteiger partial charge in [-0.25, -0.2) is 13.4 Å². The largest absolute Gasteiger partial charge is 0.298 e. The highest BCUT2D eigenvalue weighted by molar-refractivity contribution is 7.91. The summed E-state index contributed by atoms with van der Waals surface area (Å²) in [4.78, 5) is 17.2. The highest BCUT2D eigenvalue weighted by Crippen LogP contribution is 2.28. The number of carbonyl (C=O) groups is 1. The fourth-order valence-corrected chi connectivity index (χ4v) is 4.62. The fraction of sp³-hybridized carbons (Fsp3) is 0.0909. The van der Waals surface area contributed by atoms with E-state index in [0.717, 1.165) is 22.0 Å². The molecule has 0 atom stereocenters. The lowest BCUT2D eigenvalue weighted by atomic mass is 10.1. The van der Waals surface area contributed by atoms with Crippen LogP contribution in [0.1, 0.15) is 17.3 Å². The van der Waals surface area contributed by atoms with Crippen LogP contribution in [0.2, 0.25) is 0 Å². The summed E-state index contributed by atoms with van der Waals surface area (Å²) in [5.41, 5.74) is 2.02. The van der Waals surface area contributed by atoms with Gasteiger partial charge in [0.15, 0.2) is 15.0 Å². The number of fused-ring (bicyclic) bond motifs is 1. The van der Waals surface area contributed by atoms with E-state index in [2.05, 4.69) is 22.4 Å². The third kappa shape index (κ3) is 4.06. The second-order valence-electron chi connectivity index (χ2n) is 6.49. The summed E-state index contributed by atoms with van der Waals surface area (Å²) >= 11 is 1.33. The molecule has 0 unspecified atom stereocenters. The second-order valence-corrected chi connectivity index (χ2v) is 9.62. The molecule has 5 nitrogen and oxygen atoms in total. The predicted octanol–water partition coefficient (Wildman–Crippen LogP) is 5.01. The van der Waals surface area contributed by atoms with Crippen LogP contribution in [0.25, 0.3) is 22.0 Å². The molecule has 0 saturated heterocycles. The van der Waals surface area contributed by atoms with Gasteiger partial charge in [-0.3, -0.25) is 10.1 Å². The Kier molecular flexibility index (Phi) is 5.17. The van der Waals surface area contributed by atoms with Crippen molar-refractivity contribution < 1.29 is 13.2 Å². The number of rotatable bonds is 5. The van der Waals surface area contributed by atoms with Crippen molar-refractivity contribution in [1.82, 2.24) is 4.98 Å². The van der Waals surface area contributed by atoms with E-state index >= 15 is 0 Å². The smallest absolute Gasteiger partial charge is 0.257 e. The number of thiazole rings is 1. The Bertz CT molecular complexity index is 1310. The number of nitrogens with one attached hydrogen (secondary N) is 1. The van der Waals surface area contributed by atoms with Gasteiger partial charge in [-0.05, 0) is 35.0 Å². The summed E-state index contributed by atoms with van der Waals surface area (Å²) in [6.45, 7) is 1.58. The lowest BCUT2D eigenvalue weighted by molar-refractivity contribution is 0.102. The van der Waals surface area contributed by atoms with E-state index in [9.17, 15) is 13.2 Å². The van der Waals surface area contributed by atoms with Crippen molar-refractivity contribution in [2.24, 2.45) is 0 Å². The number of hydrogen-bond acceptors (Lipinski definition) is 5. The molecule has 1 amide bonds.